The quantitative estimate of drug-likeness (QED) is 0.334. The highest BCUT2D eigenvalue weighted by atomic mass is 19.1. The second kappa shape index (κ2) is 7.82. The minimum absolute atomic E-state index is 0.0717. The van der Waals surface area contributed by atoms with Crippen LogP contribution in [0.2, 0.25) is 0 Å². The summed E-state index contributed by atoms with van der Waals surface area (Å²) in [5.41, 5.74) is -0.219. The third kappa shape index (κ3) is 4.60. The predicted molar refractivity (Wildman–Crippen MR) is 80.3 cm³/mol. The molecule has 0 unspecified atom stereocenters. The molecular formula is C16H12FNO6. The number of ketones is 1. The molecule has 0 aliphatic rings. The first-order valence-electron chi connectivity index (χ1n) is 6.78. The van der Waals surface area contributed by atoms with Crippen LogP contribution in [0.15, 0.2) is 48.5 Å². The fourth-order valence-electron chi connectivity index (χ4n) is 1.80. The van der Waals surface area contributed by atoms with Gasteiger partial charge in [0.05, 0.1) is 4.92 Å². The molecule has 0 aliphatic heterocycles. The molecule has 0 bridgehead atoms. The Morgan fingerprint density at radius 3 is 2.54 bits per heavy atom. The Labute approximate surface area is 135 Å². The summed E-state index contributed by atoms with van der Waals surface area (Å²) in [5, 5.41) is 10.8. The van der Waals surface area contributed by atoms with E-state index in [2.05, 4.69) is 0 Å². The highest BCUT2D eigenvalue weighted by Gasteiger charge is 2.16. The summed E-state index contributed by atoms with van der Waals surface area (Å²) in [7, 11) is 0. The van der Waals surface area contributed by atoms with Crippen molar-refractivity contribution < 1.29 is 28.4 Å². The number of nitro benzene ring substituents is 1. The summed E-state index contributed by atoms with van der Waals surface area (Å²) in [6, 6.07) is 10.5. The number of carbonyl (C=O) groups excluding carboxylic acids is 2. The molecule has 7 nitrogen and oxygen atoms in total. The van der Waals surface area contributed by atoms with Crippen LogP contribution in [0.3, 0.4) is 0 Å². The first-order chi connectivity index (χ1) is 11.5. The lowest BCUT2D eigenvalue weighted by Gasteiger charge is -2.07. The molecule has 0 saturated carbocycles. The van der Waals surface area contributed by atoms with Gasteiger partial charge in [0.2, 0.25) is 0 Å². The van der Waals surface area contributed by atoms with E-state index >= 15 is 0 Å². The lowest BCUT2D eigenvalue weighted by atomic mass is 10.1. The molecule has 0 fully saturated rings. The normalized spacial score (nSPS) is 10.0. The number of nitro groups is 1. The Morgan fingerprint density at radius 2 is 1.83 bits per heavy atom. The molecular weight excluding hydrogens is 321 g/mol. The average Bonchev–Trinajstić information content (AvgIpc) is 2.58. The van der Waals surface area contributed by atoms with Gasteiger partial charge in [0.15, 0.2) is 24.7 Å². The number of hydrogen-bond acceptors (Lipinski definition) is 6. The monoisotopic (exact) mass is 333 g/mol. The largest absolute Gasteiger partial charge is 0.475 e. The molecule has 0 heterocycles. The van der Waals surface area contributed by atoms with Gasteiger partial charge in [-0.3, -0.25) is 14.9 Å². The van der Waals surface area contributed by atoms with Crippen molar-refractivity contribution >= 4 is 17.4 Å². The van der Waals surface area contributed by atoms with Crippen molar-refractivity contribution in [1.82, 2.24) is 0 Å². The molecule has 8 heteroatoms. The van der Waals surface area contributed by atoms with E-state index in [1.807, 2.05) is 0 Å². The molecule has 24 heavy (non-hydrogen) atoms. The van der Waals surface area contributed by atoms with Crippen LogP contribution in [-0.4, -0.2) is 29.9 Å². The number of nitrogens with zero attached hydrogens (tertiary/aromatic N) is 1. The number of carbonyl (C=O) groups is 2. The maximum absolute atomic E-state index is 13.0. The zero-order valence-electron chi connectivity index (χ0n) is 12.3. The smallest absolute Gasteiger partial charge is 0.344 e. The molecule has 0 amide bonds. The lowest BCUT2D eigenvalue weighted by Crippen LogP contribution is -2.19. The van der Waals surface area contributed by atoms with Crippen LogP contribution in [0.1, 0.15) is 10.4 Å². The maximum atomic E-state index is 13.0. The summed E-state index contributed by atoms with van der Waals surface area (Å²) >= 11 is 0. The highest BCUT2D eigenvalue weighted by Crippen LogP contribution is 2.25. The van der Waals surface area contributed by atoms with E-state index in [9.17, 15) is 24.1 Å². The fourth-order valence-corrected chi connectivity index (χ4v) is 1.80. The summed E-state index contributed by atoms with van der Waals surface area (Å²) < 4.78 is 22.7. The average molecular weight is 333 g/mol. The zero-order chi connectivity index (χ0) is 17.5. The third-order valence-electron chi connectivity index (χ3n) is 2.92. The van der Waals surface area contributed by atoms with Crippen molar-refractivity contribution in [2.24, 2.45) is 0 Å². The van der Waals surface area contributed by atoms with Gasteiger partial charge in [-0.05, 0) is 18.2 Å². The Kier molecular flexibility index (Phi) is 5.56. The molecule has 2 aromatic rings. The topological polar surface area (TPSA) is 95.7 Å². The van der Waals surface area contributed by atoms with Gasteiger partial charge in [-0.15, -0.1) is 0 Å². The van der Waals surface area contributed by atoms with Crippen molar-refractivity contribution in [3.05, 3.63) is 70.0 Å². The van der Waals surface area contributed by atoms with Gasteiger partial charge in [-0.2, -0.15) is 0 Å². The van der Waals surface area contributed by atoms with Gasteiger partial charge in [0, 0.05) is 11.6 Å². The summed E-state index contributed by atoms with van der Waals surface area (Å²) in [5.74, 6) is -2.12. The number of para-hydroxylation sites is 2. The van der Waals surface area contributed by atoms with E-state index in [0.29, 0.717) is 0 Å². The second-order valence-corrected chi connectivity index (χ2v) is 4.61. The zero-order valence-corrected chi connectivity index (χ0v) is 12.3. The van der Waals surface area contributed by atoms with E-state index < -0.39 is 35.7 Å². The molecule has 2 rings (SSSR count). The Bertz CT molecular complexity index is 777. The molecule has 0 spiro atoms. The van der Waals surface area contributed by atoms with Crippen LogP contribution in [0.4, 0.5) is 10.1 Å². The molecule has 0 aromatic heterocycles. The van der Waals surface area contributed by atoms with E-state index in [0.717, 1.165) is 6.07 Å². The number of rotatable bonds is 7. The van der Waals surface area contributed by atoms with E-state index in [4.69, 9.17) is 9.47 Å². The molecule has 2 aromatic carbocycles. The molecule has 0 radical (unpaired) electrons. The number of esters is 1. The van der Waals surface area contributed by atoms with Crippen LogP contribution in [-0.2, 0) is 9.53 Å². The minimum atomic E-state index is -0.877. The third-order valence-corrected chi connectivity index (χ3v) is 2.92. The molecule has 0 saturated heterocycles. The molecule has 0 atom stereocenters. The predicted octanol–water partition coefficient (Wildman–Crippen LogP) is 2.54. The summed E-state index contributed by atoms with van der Waals surface area (Å²) in [6.07, 6.45) is 0. The maximum Gasteiger partial charge on any atom is 0.344 e. The van der Waals surface area contributed by atoms with E-state index in [1.165, 1.54) is 42.5 Å². The van der Waals surface area contributed by atoms with Crippen molar-refractivity contribution in [2.75, 3.05) is 13.2 Å². The van der Waals surface area contributed by atoms with Crippen molar-refractivity contribution in [1.29, 1.82) is 0 Å². The number of halogens is 1. The van der Waals surface area contributed by atoms with Gasteiger partial charge in [-0.1, -0.05) is 24.3 Å². The van der Waals surface area contributed by atoms with Gasteiger partial charge in [0.1, 0.15) is 5.82 Å². The van der Waals surface area contributed by atoms with Crippen molar-refractivity contribution in [3.8, 4) is 5.75 Å². The first kappa shape index (κ1) is 17.1. The van der Waals surface area contributed by atoms with Crippen LogP contribution in [0.25, 0.3) is 0 Å². The number of Topliss-reactive ketones (excluding diaryl/α,β-unsaturated/α-hetero) is 1. The molecule has 0 aliphatic carbocycles. The second-order valence-electron chi connectivity index (χ2n) is 4.61. The van der Waals surface area contributed by atoms with Crippen LogP contribution in [0.5, 0.6) is 5.75 Å². The van der Waals surface area contributed by atoms with Gasteiger partial charge in [0.25, 0.3) is 0 Å². The van der Waals surface area contributed by atoms with Gasteiger partial charge in [-0.25, -0.2) is 9.18 Å². The van der Waals surface area contributed by atoms with Gasteiger partial charge >= 0.3 is 11.7 Å². The summed E-state index contributed by atoms with van der Waals surface area (Å²) in [6.45, 7) is -1.18. The standard InChI is InChI=1S/C16H12FNO6/c17-12-5-3-4-11(8-12)14(19)9-24-16(20)10-23-15-7-2-1-6-13(15)18(21)22/h1-8H,9-10H2. The van der Waals surface area contributed by atoms with Crippen molar-refractivity contribution in [3.63, 3.8) is 0 Å². The Hall–Kier alpha value is -3.29. The number of benzene rings is 2. The Morgan fingerprint density at radius 1 is 1.08 bits per heavy atom. The molecule has 124 valence electrons. The summed E-state index contributed by atoms with van der Waals surface area (Å²) in [4.78, 5) is 33.5. The number of ether oxygens (including phenoxy) is 2. The van der Waals surface area contributed by atoms with Crippen molar-refractivity contribution in [2.45, 2.75) is 0 Å². The van der Waals surface area contributed by atoms with Crippen LogP contribution in [0, 0.1) is 15.9 Å². The highest BCUT2D eigenvalue weighted by molar-refractivity contribution is 5.97. The minimum Gasteiger partial charge on any atom is -0.475 e. The Balaban J connectivity index is 1.86. The van der Waals surface area contributed by atoms with E-state index in [-0.39, 0.29) is 17.0 Å². The lowest BCUT2D eigenvalue weighted by molar-refractivity contribution is -0.385. The fraction of sp³-hybridized carbons (Fsp3) is 0.125. The first-order valence-corrected chi connectivity index (χ1v) is 6.78. The van der Waals surface area contributed by atoms with Gasteiger partial charge < -0.3 is 9.47 Å². The van der Waals surface area contributed by atoms with E-state index in [1.54, 1.807) is 0 Å². The van der Waals surface area contributed by atoms with Crippen LogP contribution < -0.4 is 4.74 Å². The molecule has 0 N–H and O–H groups in total. The SMILES string of the molecule is O=C(COc1ccccc1[N+](=O)[O-])OCC(=O)c1cccc(F)c1. The van der Waals surface area contributed by atoms with Crippen LogP contribution >= 0.6 is 0 Å². The number of hydrogen-bond donors (Lipinski definition) is 0.